The lowest BCUT2D eigenvalue weighted by atomic mass is 10.1. The highest BCUT2D eigenvalue weighted by Crippen LogP contribution is 2.15. The molecule has 0 aliphatic carbocycles. The standard InChI is InChI=1S/C19H17F2NO3/c1-12-3-5-14(6-4-12)7-10-18(23)25-13(2)19(24)22-17-9-8-15(20)11-16(17)21/h3-11,13H,1-2H3,(H,22,24)/b10-7+/t13-/m1/s1. The maximum Gasteiger partial charge on any atom is 0.331 e. The summed E-state index contributed by atoms with van der Waals surface area (Å²) in [6.45, 7) is 3.31. The van der Waals surface area contributed by atoms with Crippen molar-refractivity contribution in [1.29, 1.82) is 0 Å². The molecule has 0 saturated carbocycles. The van der Waals surface area contributed by atoms with Gasteiger partial charge in [-0.05, 0) is 37.6 Å². The van der Waals surface area contributed by atoms with Gasteiger partial charge in [0.2, 0.25) is 0 Å². The number of esters is 1. The maximum absolute atomic E-state index is 13.5. The van der Waals surface area contributed by atoms with Gasteiger partial charge in [0.1, 0.15) is 11.6 Å². The van der Waals surface area contributed by atoms with Crippen LogP contribution < -0.4 is 5.32 Å². The molecule has 1 N–H and O–H groups in total. The summed E-state index contributed by atoms with van der Waals surface area (Å²) in [7, 11) is 0. The molecule has 0 radical (unpaired) electrons. The van der Waals surface area contributed by atoms with Gasteiger partial charge < -0.3 is 10.1 Å². The van der Waals surface area contributed by atoms with Crippen molar-refractivity contribution in [1.82, 2.24) is 0 Å². The van der Waals surface area contributed by atoms with Gasteiger partial charge >= 0.3 is 5.97 Å². The number of amides is 1. The van der Waals surface area contributed by atoms with Crippen LogP contribution in [0.5, 0.6) is 0 Å². The van der Waals surface area contributed by atoms with E-state index in [1.165, 1.54) is 13.0 Å². The predicted octanol–water partition coefficient (Wildman–Crippen LogP) is 3.86. The van der Waals surface area contributed by atoms with Gasteiger partial charge in [0.05, 0.1) is 5.69 Å². The van der Waals surface area contributed by atoms with Crippen molar-refractivity contribution in [2.45, 2.75) is 20.0 Å². The van der Waals surface area contributed by atoms with Crippen LogP contribution in [-0.4, -0.2) is 18.0 Å². The molecule has 2 rings (SSSR count). The Bertz CT molecular complexity index is 801. The maximum atomic E-state index is 13.5. The van der Waals surface area contributed by atoms with Gasteiger partial charge in [-0.3, -0.25) is 4.79 Å². The molecule has 0 fully saturated rings. The topological polar surface area (TPSA) is 55.4 Å². The van der Waals surface area contributed by atoms with Gasteiger partial charge in [-0.1, -0.05) is 29.8 Å². The summed E-state index contributed by atoms with van der Waals surface area (Å²) in [5.41, 5.74) is 1.72. The fourth-order valence-corrected chi connectivity index (χ4v) is 1.93. The van der Waals surface area contributed by atoms with Crippen LogP contribution in [0.4, 0.5) is 14.5 Å². The van der Waals surface area contributed by atoms with Crippen molar-refractivity contribution in [2.75, 3.05) is 5.32 Å². The molecule has 25 heavy (non-hydrogen) atoms. The third-order valence-electron chi connectivity index (χ3n) is 3.34. The van der Waals surface area contributed by atoms with Gasteiger partial charge in [0, 0.05) is 12.1 Å². The molecule has 0 bridgehead atoms. The predicted molar refractivity (Wildman–Crippen MR) is 90.8 cm³/mol. The highest BCUT2D eigenvalue weighted by Gasteiger charge is 2.18. The van der Waals surface area contributed by atoms with E-state index in [9.17, 15) is 18.4 Å². The summed E-state index contributed by atoms with van der Waals surface area (Å²) in [6.07, 6.45) is 1.62. The first kappa shape index (κ1) is 18.3. The van der Waals surface area contributed by atoms with Crippen molar-refractivity contribution in [3.05, 3.63) is 71.3 Å². The molecular weight excluding hydrogens is 328 g/mol. The largest absolute Gasteiger partial charge is 0.449 e. The first-order valence-electron chi connectivity index (χ1n) is 7.56. The Kier molecular flexibility index (Phi) is 6.00. The zero-order chi connectivity index (χ0) is 18.4. The zero-order valence-corrected chi connectivity index (χ0v) is 13.8. The van der Waals surface area contributed by atoms with Gasteiger partial charge in [-0.25, -0.2) is 13.6 Å². The molecule has 2 aromatic rings. The first-order valence-corrected chi connectivity index (χ1v) is 7.56. The fraction of sp³-hybridized carbons (Fsp3) is 0.158. The second-order valence-corrected chi connectivity index (χ2v) is 5.44. The number of anilines is 1. The molecule has 0 spiro atoms. The number of halogens is 2. The van der Waals surface area contributed by atoms with Crippen molar-refractivity contribution < 1.29 is 23.1 Å². The highest BCUT2D eigenvalue weighted by atomic mass is 19.1. The van der Waals surface area contributed by atoms with Gasteiger partial charge in [-0.15, -0.1) is 0 Å². The molecule has 0 unspecified atom stereocenters. The van der Waals surface area contributed by atoms with Crippen LogP contribution in [0.25, 0.3) is 6.08 Å². The monoisotopic (exact) mass is 345 g/mol. The van der Waals surface area contributed by atoms with Crippen molar-refractivity contribution in [3.63, 3.8) is 0 Å². The number of aryl methyl sites for hydroxylation is 1. The summed E-state index contributed by atoms with van der Waals surface area (Å²) in [4.78, 5) is 23.7. The first-order chi connectivity index (χ1) is 11.8. The van der Waals surface area contributed by atoms with Crippen LogP contribution >= 0.6 is 0 Å². The van der Waals surface area contributed by atoms with E-state index in [1.54, 1.807) is 6.08 Å². The number of hydrogen-bond donors (Lipinski definition) is 1. The Hall–Kier alpha value is -3.02. The van der Waals surface area contributed by atoms with E-state index in [2.05, 4.69) is 5.32 Å². The van der Waals surface area contributed by atoms with Gasteiger partial charge in [0.25, 0.3) is 5.91 Å². The molecule has 6 heteroatoms. The van der Waals surface area contributed by atoms with E-state index in [1.807, 2.05) is 31.2 Å². The van der Waals surface area contributed by atoms with Crippen molar-refractivity contribution in [2.24, 2.45) is 0 Å². The molecule has 0 heterocycles. The fourth-order valence-electron chi connectivity index (χ4n) is 1.93. The average molecular weight is 345 g/mol. The Labute approximate surface area is 144 Å². The lowest BCUT2D eigenvalue weighted by Crippen LogP contribution is -2.29. The Morgan fingerprint density at radius 3 is 2.44 bits per heavy atom. The summed E-state index contributed by atoms with van der Waals surface area (Å²) >= 11 is 0. The van der Waals surface area contributed by atoms with E-state index >= 15 is 0 Å². The van der Waals surface area contributed by atoms with Crippen molar-refractivity contribution in [3.8, 4) is 0 Å². The van der Waals surface area contributed by atoms with Crippen molar-refractivity contribution >= 4 is 23.6 Å². The lowest BCUT2D eigenvalue weighted by molar-refractivity contribution is -0.148. The molecule has 0 aliphatic heterocycles. The minimum atomic E-state index is -1.14. The molecule has 1 atom stereocenters. The second kappa shape index (κ2) is 8.19. The third-order valence-corrected chi connectivity index (χ3v) is 3.34. The molecule has 2 aromatic carbocycles. The van der Waals surface area contributed by atoms with E-state index in [0.29, 0.717) is 6.07 Å². The van der Waals surface area contributed by atoms with Crippen LogP contribution in [0.2, 0.25) is 0 Å². The van der Waals surface area contributed by atoms with Crippen LogP contribution in [0, 0.1) is 18.6 Å². The average Bonchev–Trinajstić information content (AvgIpc) is 2.56. The number of carbonyl (C=O) groups is 2. The molecule has 130 valence electrons. The zero-order valence-electron chi connectivity index (χ0n) is 13.8. The summed E-state index contributed by atoms with van der Waals surface area (Å²) < 4.78 is 31.3. The van der Waals surface area contributed by atoms with Crippen LogP contribution in [0.1, 0.15) is 18.1 Å². The third kappa shape index (κ3) is 5.53. The van der Waals surface area contributed by atoms with E-state index in [4.69, 9.17) is 4.74 Å². The summed E-state index contributed by atoms with van der Waals surface area (Å²) in [6, 6.07) is 10.2. The molecular formula is C19H17F2NO3. The summed E-state index contributed by atoms with van der Waals surface area (Å²) in [5.74, 6) is -3.09. The quantitative estimate of drug-likeness (QED) is 0.661. The summed E-state index contributed by atoms with van der Waals surface area (Å²) in [5, 5.41) is 2.24. The van der Waals surface area contributed by atoms with Crippen LogP contribution in [0.15, 0.2) is 48.5 Å². The van der Waals surface area contributed by atoms with Crippen LogP contribution in [-0.2, 0) is 14.3 Å². The number of ether oxygens (including phenoxy) is 1. The number of nitrogens with one attached hydrogen (secondary N) is 1. The van der Waals surface area contributed by atoms with Gasteiger partial charge in [-0.2, -0.15) is 0 Å². The number of carbonyl (C=O) groups excluding carboxylic acids is 2. The molecule has 1 amide bonds. The van der Waals surface area contributed by atoms with Crippen LogP contribution in [0.3, 0.4) is 0 Å². The Morgan fingerprint density at radius 1 is 1.12 bits per heavy atom. The minimum absolute atomic E-state index is 0.190. The molecule has 0 aromatic heterocycles. The number of benzene rings is 2. The number of hydrogen-bond acceptors (Lipinski definition) is 3. The molecule has 4 nitrogen and oxygen atoms in total. The van der Waals surface area contributed by atoms with Gasteiger partial charge in [0.15, 0.2) is 6.10 Å². The molecule has 0 saturated heterocycles. The smallest absolute Gasteiger partial charge is 0.331 e. The van der Waals surface area contributed by atoms with E-state index < -0.39 is 29.6 Å². The number of rotatable bonds is 5. The molecule has 0 aliphatic rings. The lowest BCUT2D eigenvalue weighted by Gasteiger charge is -2.12. The highest BCUT2D eigenvalue weighted by molar-refractivity contribution is 5.96. The second-order valence-electron chi connectivity index (χ2n) is 5.44. The Morgan fingerprint density at radius 2 is 1.80 bits per heavy atom. The normalized spacial score (nSPS) is 12.0. The SMILES string of the molecule is Cc1ccc(/C=C/C(=O)O[C@H](C)C(=O)Nc2ccc(F)cc2F)cc1. The van der Waals surface area contributed by atoms with E-state index in [0.717, 1.165) is 23.3 Å². The minimum Gasteiger partial charge on any atom is -0.449 e. The Balaban J connectivity index is 1.91. The van der Waals surface area contributed by atoms with E-state index in [-0.39, 0.29) is 5.69 Å².